The SMILES string of the molecule is COC(=O)Nc1ccc(-c2cnc3c(NC(C)=O)cc(N(C)C(=O)c4ccc(F)c(OC)c4)cn23)cn1. The summed E-state index contributed by atoms with van der Waals surface area (Å²) in [5, 5.41) is 5.22. The van der Waals surface area contributed by atoms with Crippen LogP contribution in [0, 0.1) is 5.82 Å². The second kappa shape index (κ2) is 10.3. The van der Waals surface area contributed by atoms with Crippen molar-refractivity contribution in [3.63, 3.8) is 0 Å². The summed E-state index contributed by atoms with van der Waals surface area (Å²) in [6, 6.07) is 8.79. The third-order valence-corrected chi connectivity index (χ3v) is 5.47. The molecule has 0 unspecified atom stereocenters. The number of aromatic nitrogens is 3. The minimum Gasteiger partial charge on any atom is -0.494 e. The number of nitrogens with one attached hydrogen (secondary N) is 2. The van der Waals surface area contributed by atoms with Gasteiger partial charge >= 0.3 is 6.09 Å². The molecule has 0 saturated heterocycles. The van der Waals surface area contributed by atoms with E-state index in [9.17, 15) is 18.8 Å². The number of benzene rings is 1. The number of rotatable bonds is 6. The van der Waals surface area contributed by atoms with Crippen LogP contribution < -0.4 is 20.3 Å². The summed E-state index contributed by atoms with van der Waals surface area (Å²) in [7, 11) is 4.13. The second-order valence-corrected chi connectivity index (χ2v) is 7.89. The van der Waals surface area contributed by atoms with Gasteiger partial charge in [0.05, 0.1) is 37.5 Å². The fraction of sp³-hybridized carbons (Fsp3) is 0.160. The summed E-state index contributed by atoms with van der Waals surface area (Å²) in [6.07, 6.45) is 4.18. The molecule has 0 saturated carbocycles. The summed E-state index contributed by atoms with van der Waals surface area (Å²) >= 11 is 0. The molecule has 0 atom stereocenters. The molecule has 3 heterocycles. The van der Waals surface area contributed by atoms with Crippen molar-refractivity contribution in [2.75, 3.05) is 36.8 Å². The van der Waals surface area contributed by atoms with Crippen LogP contribution >= 0.6 is 0 Å². The van der Waals surface area contributed by atoms with Crippen LogP contribution in [-0.2, 0) is 9.53 Å². The van der Waals surface area contributed by atoms with E-state index in [2.05, 4.69) is 25.3 Å². The van der Waals surface area contributed by atoms with Crippen LogP contribution in [0.3, 0.4) is 0 Å². The quantitative estimate of drug-likeness (QED) is 0.405. The Hall–Kier alpha value is -5.00. The molecule has 2 N–H and O–H groups in total. The third kappa shape index (κ3) is 5.17. The van der Waals surface area contributed by atoms with Gasteiger partial charge in [-0.3, -0.25) is 19.3 Å². The summed E-state index contributed by atoms with van der Waals surface area (Å²) in [6.45, 7) is 1.36. The standard InChI is InChI=1S/C25H23FN6O5/c1-14(33)29-19-10-17(31(2)24(34)15-5-7-18(26)21(9-15)36-3)13-32-20(12-28-23(19)32)16-6-8-22(27-11-16)30-25(35)37-4/h5-13H,1-4H3,(H,29,33)(H,27,30,35). The monoisotopic (exact) mass is 506 g/mol. The highest BCUT2D eigenvalue weighted by molar-refractivity contribution is 6.06. The molecule has 3 amide bonds. The van der Waals surface area contributed by atoms with Crippen LogP contribution in [0.15, 0.2) is 55.0 Å². The number of hydrogen-bond acceptors (Lipinski definition) is 7. The number of halogens is 1. The van der Waals surface area contributed by atoms with Gasteiger partial charge < -0.3 is 19.7 Å². The molecule has 0 aliphatic rings. The zero-order valence-electron chi connectivity index (χ0n) is 20.4. The maximum absolute atomic E-state index is 13.8. The first-order chi connectivity index (χ1) is 17.7. The topological polar surface area (TPSA) is 127 Å². The van der Waals surface area contributed by atoms with E-state index in [1.165, 1.54) is 38.2 Å². The molecular weight excluding hydrogens is 483 g/mol. The Morgan fingerprint density at radius 3 is 2.46 bits per heavy atom. The molecule has 190 valence electrons. The van der Waals surface area contributed by atoms with Gasteiger partial charge in [-0.05, 0) is 36.4 Å². The van der Waals surface area contributed by atoms with Gasteiger partial charge in [-0.2, -0.15) is 0 Å². The second-order valence-electron chi connectivity index (χ2n) is 7.89. The first-order valence-electron chi connectivity index (χ1n) is 10.9. The Labute approximate surface area is 210 Å². The normalized spacial score (nSPS) is 10.6. The van der Waals surface area contributed by atoms with Crippen LogP contribution in [0.25, 0.3) is 16.9 Å². The van der Waals surface area contributed by atoms with Gasteiger partial charge in [-0.15, -0.1) is 0 Å². The van der Waals surface area contributed by atoms with Crippen LogP contribution in [0.2, 0.25) is 0 Å². The van der Waals surface area contributed by atoms with Gasteiger partial charge in [0.1, 0.15) is 5.82 Å². The van der Waals surface area contributed by atoms with E-state index in [-0.39, 0.29) is 17.2 Å². The molecule has 1 aromatic carbocycles. The molecular formula is C25H23FN6O5. The molecule has 12 heteroatoms. The molecule has 37 heavy (non-hydrogen) atoms. The number of imidazole rings is 1. The van der Waals surface area contributed by atoms with Crippen molar-refractivity contribution in [1.82, 2.24) is 14.4 Å². The average Bonchev–Trinajstić information content (AvgIpc) is 3.32. The van der Waals surface area contributed by atoms with E-state index < -0.39 is 17.8 Å². The number of methoxy groups -OCH3 is 2. The molecule has 4 rings (SSSR count). The zero-order chi connectivity index (χ0) is 26.7. The maximum Gasteiger partial charge on any atom is 0.412 e. The highest BCUT2D eigenvalue weighted by Gasteiger charge is 2.20. The molecule has 0 fully saturated rings. The number of carbonyl (C=O) groups is 3. The number of nitrogens with zero attached hydrogens (tertiary/aromatic N) is 4. The number of anilines is 3. The predicted molar refractivity (Wildman–Crippen MR) is 134 cm³/mol. The summed E-state index contributed by atoms with van der Waals surface area (Å²) in [5.74, 6) is -1.08. The van der Waals surface area contributed by atoms with Crippen LogP contribution in [0.1, 0.15) is 17.3 Å². The van der Waals surface area contributed by atoms with E-state index in [1.807, 2.05) is 0 Å². The van der Waals surface area contributed by atoms with Crippen molar-refractivity contribution in [3.8, 4) is 17.0 Å². The smallest absolute Gasteiger partial charge is 0.412 e. The first kappa shape index (κ1) is 25.1. The summed E-state index contributed by atoms with van der Waals surface area (Å²) < 4.78 is 25.1. The van der Waals surface area contributed by atoms with Crippen molar-refractivity contribution in [3.05, 3.63) is 66.4 Å². The third-order valence-electron chi connectivity index (χ3n) is 5.47. The van der Waals surface area contributed by atoms with Crippen LogP contribution in [0.5, 0.6) is 5.75 Å². The number of ether oxygens (including phenoxy) is 2. The molecule has 0 aliphatic carbocycles. The van der Waals surface area contributed by atoms with Gasteiger partial charge in [0.15, 0.2) is 17.2 Å². The predicted octanol–water partition coefficient (Wildman–Crippen LogP) is 3.96. The largest absolute Gasteiger partial charge is 0.494 e. The zero-order valence-corrected chi connectivity index (χ0v) is 20.4. The summed E-state index contributed by atoms with van der Waals surface area (Å²) in [5.41, 5.74) is 2.74. The van der Waals surface area contributed by atoms with Crippen molar-refractivity contribution < 1.29 is 28.2 Å². The fourth-order valence-electron chi connectivity index (χ4n) is 3.63. The molecule has 0 bridgehead atoms. The van der Waals surface area contributed by atoms with Crippen molar-refractivity contribution in [1.29, 1.82) is 0 Å². The highest BCUT2D eigenvalue weighted by Crippen LogP contribution is 2.30. The molecule has 0 spiro atoms. The molecule has 3 aromatic heterocycles. The number of pyridine rings is 2. The van der Waals surface area contributed by atoms with Gasteiger partial charge in [0, 0.05) is 37.5 Å². The van der Waals surface area contributed by atoms with E-state index in [0.29, 0.717) is 34.1 Å². The minimum atomic E-state index is -0.647. The van der Waals surface area contributed by atoms with Crippen LogP contribution in [0.4, 0.5) is 26.4 Å². The van der Waals surface area contributed by atoms with Crippen molar-refractivity contribution in [2.45, 2.75) is 6.92 Å². The molecule has 0 radical (unpaired) electrons. The Kier molecular flexibility index (Phi) is 7.00. The lowest BCUT2D eigenvalue weighted by Gasteiger charge is -2.20. The maximum atomic E-state index is 13.8. The van der Waals surface area contributed by atoms with E-state index in [4.69, 9.17) is 4.74 Å². The highest BCUT2D eigenvalue weighted by atomic mass is 19.1. The van der Waals surface area contributed by atoms with E-state index in [0.717, 1.165) is 6.07 Å². The number of hydrogen-bond donors (Lipinski definition) is 2. The first-order valence-corrected chi connectivity index (χ1v) is 10.9. The van der Waals surface area contributed by atoms with Gasteiger partial charge in [-0.25, -0.2) is 19.2 Å². The number of amides is 3. The van der Waals surface area contributed by atoms with E-state index >= 15 is 0 Å². The van der Waals surface area contributed by atoms with Gasteiger partial charge in [0.25, 0.3) is 5.91 Å². The number of fused-ring (bicyclic) bond motifs is 1. The average molecular weight is 506 g/mol. The fourth-order valence-corrected chi connectivity index (χ4v) is 3.63. The minimum absolute atomic E-state index is 0.0526. The van der Waals surface area contributed by atoms with E-state index in [1.54, 1.807) is 48.2 Å². The lowest BCUT2D eigenvalue weighted by atomic mass is 10.1. The van der Waals surface area contributed by atoms with Gasteiger partial charge in [0.2, 0.25) is 5.91 Å². The van der Waals surface area contributed by atoms with Crippen molar-refractivity contribution in [2.24, 2.45) is 0 Å². The Balaban J connectivity index is 1.76. The Morgan fingerprint density at radius 1 is 1.03 bits per heavy atom. The van der Waals surface area contributed by atoms with Crippen LogP contribution in [-0.4, -0.2) is 53.5 Å². The molecule has 0 aliphatic heterocycles. The van der Waals surface area contributed by atoms with Gasteiger partial charge in [-0.1, -0.05) is 0 Å². The lowest BCUT2D eigenvalue weighted by Crippen LogP contribution is -2.27. The molecule has 4 aromatic rings. The Morgan fingerprint density at radius 2 is 1.81 bits per heavy atom. The number of carbonyl (C=O) groups excluding carboxylic acids is 3. The lowest BCUT2D eigenvalue weighted by molar-refractivity contribution is -0.114. The Bertz CT molecular complexity index is 1500. The molecule has 11 nitrogen and oxygen atoms in total. The summed E-state index contributed by atoms with van der Waals surface area (Å²) in [4.78, 5) is 46.6. The van der Waals surface area contributed by atoms with Crippen molar-refractivity contribution >= 4 is 40.7 Å².